The van der Waals surface area contributed by atoms with Crippen LogP contribution in [0.1, 0.15) is 18.5 Å². The van der Waals surface area contributed by atoms with E-state index in [2.05, 4.69) is 10.4 Å². The summed E-state index contributed by atoms with van der Waals surface area (Å²) in [5, 5.41) is 7.02. The highest BCUT2D eigenvalue weighted by Crippen LogP contribution is 2.35. The number of aryl methyl sites for hydroxylation is 2. The van der Waals surface area contributed by atoms with Crippen LogP contribution >= 0.6 is 0 Å². The summed E-state index contributed by atoms with van der Waals surface area (Å²) in [6.45, 7) is 1.94. The van der Waals surface area contributed by atoms with E-state index in [1.807, 2.05) is 14.0 Å². The Morgan fingerprint density at radius 3 is 2.67 bits per heavy atom. The van der Waals surface area contributed by atoms with Gasteiger partial charge >= 0.3 is 0 Å². The molecule has 2 heterocycles. The van der Waals surface area contributed by atoms with Crippen molar-refractivity contribution in [1.82, 2.24) is 15.1 Å². The molecule has 2 fully saturated rings. The lowest BCUT2D eigenvalue weighted by atomic mass is 10.1. The Kier molecular flexibility index (Phi) is 2.39. The maximum atomic E-state index is 12.4. The molecule has 1 aromatic heterocycles. The topological polar surface area (TPSA) is 67.2 Å². The number of nitrogens with one attached hydrogen (secondary N) is 1. The fourth-order valence-corrected chi connectivity index (χ4v) is 2.48. The molecule has 2 amide bonds. The fraction of sp³-hybridized carbons (Fsp3) is 0.583. The Balaban J connectivity index is 1.92. The van der Waals surface area contributed by atoms with Gasteiger partial charge in [0, 0.05) is 13.2 Å². The average molecular weight is 248 g/mol. The van der Waals surface area contributed by atoms with Gasteiger partial charge in [-0.05, 0) is 25.7 Å². The molecule has 1 atom stereocenters. The predicted molar refractivity (Wildman–Crippen MR) is 65.0 cm³/mol. The molecule has 1 saturated heterocycles. The molecule has 0 aromatic carbocycles. The van der Waals surface area contributed by atoms with E-state index in [0.29, 0.717) is 5.92 Å². The van der Waals surface area contributed by atoms with Gasteiger partial charge in [0.15, 0.2) is 0 Å². The number of carbonyl (C=O) groups excluding carboxylic acids is 2. The van der Waals surface area contributed by atoms with Gasteiger partial charge in [0.1, 0.15) is 12.6 Å². The molecule has 1 aliphatic heterocycles. The van der Waals surface area contributed by atoms with Crippen LogP contribution in [0.5, 0.6) is 0 Å². The van der Waals surface area contributed by atoms with Crippen molar-refractivity contribution in [3.8, 4) is 0 Å². The number of piperazine rings is 1. The van der Waals surface area contributed by atoms with E-state index in [1.54, 1.807) is 15.8 Å². The summed E-state index contributed by atoms with van der Waals surface area (Å²) in [5.41, 5.74) is 1.51. The Labute approximate surface area is 105 Å². The second kappa shape index (κ2) is 3.83. The van der Waals surface area contributed by atoms with Gasteiger partial charge in [-0.2, -0.15) is 5.10 Å². The van der Waals surface area contributed by atoms with Gasteiger partial charge in [-0.1, -0.05) is 0 Å². The molecular weight excluding hydrogens is 232 g/mol. The summed E-state index contributed by atoms with van der Waals surface area (Å²) in [4.78, 5) is 25.7. The molecule has 0 bridgehead atoms. The lowest BCUT2D eigenvalue weighted by Gasteiger charge is -2.32. The van der Waals surface area contributed by atoms with Gasteiger partial charge in [0.25, 0.3) is 0 Å². The van der Waals surface area contributed by atoms with Gasteiger partial charge in [0.05, 0.1) is 11.4 Å². The molecule has 0 radical (unpaired) electrons. The van der Waals surface area contributed by atoms with E-state index < -0.39 is 0 Å². The number of aromatic nitrogens is 2. The van der Waals surface area contributed by atoms with Crippen molar-refractivity contribution in [1.29, 1.82) is 0 Å². The van der Waals surface area contributed by atoms with E-state index >= 15 is 0 Å². The molecule has 1 N–H and O–H groups in total. The number of carbonyl (C=O) groups is 2. The van der Waals surface area contributed by atoms with Crippen LogP contribution in [-0.4, -0.2) is 34.2 Å². The number of hydrogen-bond acceptors (Lipinski definition) is 3. The highest BCUT2D eigenvalue weighted by molar-refractivity contribution is 6.07. The first-order valence-electron chi connectivity index (χ1n) is 6.17. The van der Waals surface area contributed by atoms with Crippen molar-refractivity contribution in [3.05, 3.63) is 11.9 Å². The molecule has 0 spiro atoms. The fourth-order valence-electron chi connectivity index (χ4n) is 2.48. The van der Waals surface area contributed by atoms with Crippen LogP contribution in [0, 0.1) is 12.8 Å². The van der Waals surface area contributed by atoms with Crippen molar-refractivity contribution in [2.75, 3.05) is 11.4 Å². The van der Waals surface area contributed by atoms with Crippen molar-refractivity contribution >= 4 is 17.5 Å². The first-order chi connectivity index (χ1) is 8.56. The third kappa shape index (κ3) is 1.77. The third-order valence-corrected chi connectivity index (χ3v) is 3.52. The smallest absolute Gasteiger partial charge is 0.250 e. The molecular formula is C12H16N4O2. The van der Waals surface area contributed by atoms with Crippen LogP contribution in [0.3, 0.4) is 0 Å². The van der Waals surface area contributed by atoms with Crippen molar-refractivity contribution in [3.63, 3.8) is 0 Å². The van der Waals surface area contributed by atoms with Crippen LogP contribution in [0.2, 0.25) is 0 Å². The summed E-state index contributed by atoms with van der Waals surface area (Å²) in [6, 6.07) is -0.342. The van der Waals surface area contributed by atoms with Gasteiger partial charge in [-0.3, -0.25) is 19.2 Å². The van der Waals surface area contributed by atoms with Crippen LogP contribution in [0.25, 0.3) is 0 Å². The quantitative estimate of drug-likeness (QED) is 0.799. The van der Waals surface area contributed by atoms with Crippen LogP contribution in [0.4, 0.5) is 5.69 Å². The van der Waals surface area contributed by atoms with Gasteiger partial charge in [-0.15, -0.1) is 0 Å². The molecule has 96 valence electrons. The zero-order chi connectivity index (χ0) is 12.9. The van der Waals surface area contributed by atoms with Crippen molar-refractivity contribution in [2.45, 2.75) is 25.8 Å². The van der Waals surface area contributed by atoms with E-state index in [4.69, 9.17) is 0 Å². The van der Waals surface area contributed by atoms with Crippen LogP contribution in [-0.2, 0) is 16.6 Å². The average Bonchev–Trinajstić information content (AvgIpc) is 3.08. The second-order valence-electron chi connectivity index (χ2n) is 5.08. The molecule has 1 unspecified atom stereocenters. The molecule has 3 rings (SSSR count). The van der Waals surface area contributed by atoms with Crippen LogP contribution in [0.15, 0.2) is 6.20 Å². The Morgan fingerprint density at radius 1 is 1.39 bits per heavy atom. The van der Waals surface area contributed by atoms with E-state index in [1.165, 1.54) is 0 Å². The largest absolute Gasteiger partial charge is 0.342 e. The minimum Gasteiger partial charge on any atom is -0.342 e. The second-order valence-corrected chi connectivity index (χ2v) is 5.08. The molecule has 6 nitrogen and oxygen atoms in total. The van der Waals surface area contributed by atoms with Gasteiger partial charge in [0.2, 0.25) is 11.8 Å². The van der Waals surface area contributed by atoms with Gasteiger partial charge in [-0.25, -0.2) is 0 Å². The molecule has 1 saturated carbocycles. The predicted octanol–water partition coefficient (Wildman–Crippen LogP) is -0.0301. The number of rotatable bonds is 2. The summed E-state index contributed by atoms with van der Waals surface area (Å²) in [6.07, 6.45) is 3.84. The maximum absolute atomic E-state index is 12.4. The lowest BCUT2D eigenvalue weighted by molar-refractivity contribution is -0.131. The summed E-state index contributed by atoms with van der Waals surface area (Å²) in [7, 11) is 1.81. The zero-order valence-corrected chi connectivity index (χ0v) is 10.5. The number of hydrogen-bond donors (Lipinski definition) is 1. The zero-order valence-electron chi connectivity index (χ0n) is 10.5. The molecule has 18 heavy (non-hydrogen) atoms. The number of anilines is 1. The molecule has 1 aliphatic carbocycles. The highest BCUT2D eigenvalue weighted by Gasteiger charge is 2.43. The minimum absolute atomic E-state index is 0.00630. The monoisotopic (exact) mass is 248 g/mol. The molecule has 6 heteroatoms. The minimum atomic E-state index is -0.342. The van der Waals surface area contributed by atoms with Crippen molar-refractivity contribution < 1.29 is 9.59 Å². The lowest BCUT2D eigenvalue weighted by Crippen LogP contribution is -2.59. The highest BCUT2D eigenvalue weighted by atomic mass is 16.2. The normalized spacial score (nSPS) is 24.3. The Bertz CT molecular complexity index is 518. The van der Waals surface area contributed by atoms with Crippen LogP contribution < -0.4 is 10.2 Å². The summed E-state index contributed by atoms with van der Waals surface area (Å²) < 4.78 is 1.66. The van der Waals surface area contributed by atoms with E-state index in [9.17, 15) is 9.59 Å². The summed E-state index contributed by atoms with van der Waals surface area (Å²) >= 11 is 0. The van der Waals surface area contributed by atoms with Gasteiger partial charge < -0.3 is 5.32 Å². The molecule has 2 aliphatic rings. The molecule has 1 aromatic rings. The third-order valence-electron chi connectivity index (χ3n) is 3.52. The first kappa shape index (κ1) is 11.3. The van der Waals surface area contributed by atoms with Crippen molar-refractivity contribution in [2.24, 2.45) is 13.0 Å². The maximum Gasteiger partial charge on any atom is 0.250 e. The van der Waals surface area contributed by atoms with E-state index in [-0.39, 0.29) is 24.4 Å². The summed E-state index contributed by atoms with van der Waals surface area (Å²) in [5.74, 6) is 0.226. The number of amides is 2. The Hall–Kier alpha value is -1.85. The standard InChI is InChI=1S/C12H16N4O2/c1-7-9(5-15(2)14-7)16-6-10(17)13-11(12(16)18)8-3-4-8/h5,8,11H,3-4,6H2,1-2H3,(H,13,17). The van der Waals surface area contributed by atoms with E-state index in [0.717, 1.165) is 24.2 Å². The number of nitrogens with zero attached hydrogens (tertiary/aromatic N) is 3. The Morgan fingerprint density at radius 2 is 2.11 bits per heavy atom. The SMILES string of the molecule is Cc1nn(C)cc1N1CC(=O)NC(C2CC2)C1=O. The first-order valence-corrected chi connectivity index (χ1v) is 6.17.